The van der Waals surface area contributed by atoms with Gasteiger partial charge in [0.25, 0.3) is 0 Å². The first-order chi connectivity index (χ1) is 10.7. The normalized spacial score (nSPS) is 11.1. The summed E-state index contributed by atoms with van der Waals surface area (Å²) in [6.45, 7) is 7.76. The highest BCUT2D eigenvalue weighted by molar-refractivity contribution is 5.55. The molecule has 2 rings (SSSR count). The van der Waals surface area contributed by atoms with Crippen LogP contribution in [-0.2, 0) is 0 Å². The second-order valence-electron chi connectivity index (χ2n) is 4.82. The first kappa shape index (κ1) is 15.5. The van der Waals surface area contributed by atoms with Crippen molar-refractivity contribution in [3.05, 3.63) is 84.2 Å². The van der Waals surface area contributed by atoms with Crippen LogP contribution in [0.3, 0.4) is 0 Å². The van der Waals surface area contributed by atoms with Crippen molar-refractivity contribution in [2.75, 3.05) is 0 Å². The Bertz CT molecular complexity index is 755. The number of allylic oxidation sites excluding steroid dienone is 5. The van der Waals surface area contributed by atoms with Crippen molar-refractivity contribution in [2.45, 2.75) is 13.8 Å². The zero-order valence-electron chi connectivity index (χ0n) is 12.9. The van der Waals surface area contributed by atoms with Crippen LogP contribution < -0.4 is 0 Å². The van der Waals surface area contributed by atoms with Gasteiger partial charge in [-0.2, -0.15) is 0 Å². The van der Waals surface area contributed by atoms with E-state index in [0.717, 1.165) is 28.1 Å². The molecule has 0 radical (unpaired) electrons. The highest BCUT2D eigenvalue weighted by atomic mass is 14.8. The summed E-state index contributed by atoms with van der Waals surface area (Å²) in [6, 6.07) is 9.67. The first-order valence-corrected chi connectivity index (χ1v) is 7.08. The van der Waals surface area contributed by atoms with E-state index in [4.69, 9.17) is 0 Å². The molecule has 0 saturated carbocycles. The average Bonchev–Trinajstić information content (AvgIpc) is 2.56. The minimum absolute atomic E-state index is 0.847. The molecule has 2 nitrogen and oxygen atoms in total. The molecule has 0 bridgehead atoms. The molecule has 2 heteroatoms. The average molecular weight is 286 g/mol. The molecule has 2 aromatic rings. The van der Waals surface area contributed by atoms with E-state index in [1.54, 1.807) is 12.4 Å². The molecule has 0 N–H and O–H groups in total. The SMILES string of the molecule is C=C(C)/C=C\C(C#Cc1ccc(-c2ccccn2)nc1)=C/C. The summed E-state index contributed by atoms with van der Waals surface area (Å²) in [4.78, 5) is 8.69. The van der Waals surface area contributed by atoms with E-state index in [1.165, 1.54) is 0 Å². The Morgan fingerprint density at radius 1 is 1.09 bits per heavy atom. The van der Waals surface area contributed by atoms with E-state index in [1.807, 2.05) is 62.4 Å². The van der Waals surface area contributed by atoms with Gasteiger partial charge in [-0.3, -0.25) is 9.97 Å². The van der Waals surface area contributed by atoms with Crippen LogP contribution >= 0.6 is 0 Å². The fourth-order valence-electron chi connectivity index (χ4n) is 1.72. The third-order valence-electron chi connectivity index (χ3n) is 2.90. The Morgan fingerprint density at radius 2 is 1.91 bits per heavy atom. The monoisotopic (exact) mass is 286 g/mol. The van der Waals surface area contributed by atoms with Gasteiger partial charge in [0.15, 0.2) is 0 Å². The highest BCUT2D eigenvalue weighted by Crippen LogP contribution is 2.13. The Balaban J connectivity index is 2.15. The van der Waals surface area contributed by atoms with Crippen LogP contribution in [0.25, 0.3) is 11.4 Å². The van der Waals surface area contributed by atoms with E-state index in [2.05, 4.69) is 28.4 Å². The van der Waals surface area contributed by atoms with Gasteiger partial charge in [0.2, 0.25) is 0 Å². The topological polar surface area (TPSA) is 25.8 Å². The molecular weight excluding hydrogens is 268 g/mol. The van der Waals surface area contributed by atoms with E-state index in [0.29, 0.717) is 0 Å². The van der Waals surface area contributed by atoms with Crippen molar-refractivity contribution in [2.24, 2.45) is 0 Å². The number of aromatic nitrogens is 2. The summed E-state index contributed by atoms with van der Waals surface area (Å²) < 4.78 is 0. The number of pyridine rings is 2. The van der Waals surface area contributed by atoms with Crippen LogP contribution in [0.1, 0.15) is 19.4 Å². The van der Waals surface area contributed by atoms with Crippen molar-refractivity contribution in [1.82, 2.24) is 9.97 Å². The molecule has 2 aromatic heterocycles. The summed E-state index contributed by atoms with van der Waals surface area (Å²) in [6.07, 6.45) is 9.42. The lowest BCUT2D eigenvalue weighted by Gasteiger charge is -1.98. The molecule has 0 atom stereocenters. The van der Waals surface area contributed by atoms with E-state index < -0.39 is 0 Å². The number of hydrogen-bond acceptors (Lipinski definition) is 2. The van der Waals surface area contributed by atoms with Crippen LogP contribution in [0.4, 0.5) is 0 Å². The molecule has 0 fully saturated rings. The number of hydrogen-bond donors (Lipinski definition) is 0. The summed E-state index contributed by atoms with van der Waals surface area (Å²) in [5.41, 5.74) is 4.54. The Labute approximate surface area is 132 Å². The van der Waals surface area contributed by atoms with Gasteiger partial charge in [0.05, 0.1) is 11.4 Å². The Kier molecular flexibility index (Phi) is 5.45. The van der Waals surface area contributed by atoms with Gasteiger partial charge >= 0.3 is 0 Å². The highest BCUT2D eigenvalue weighted by Gasteiger charge is 1.98. The molecule has 22 heavy (non-hydrogen) atoms. The second kappa shape index (κ2) is 7.75. The predicted molar refractivity (Wildman–Crippen MR) is 92.1 cm³/mol. The molecule has 0 aliphatic heterocycles. The molecule has 0 saturated heterocycles. The van der Waals surface area contributed by atoms with Crippen LogP contribution in [0.2, 0.25) is 0 Å². The smallest absolute Gasteiger partial charge is 0.0887 e. The number of nitrogens with zero attached hydrogens (tertiary/aromatic N) is 2. The van der Waals surface area contributed by atoms with Crippen molar-refractivity contribution in [3.8, 4) is 23.2 Å². The molecule has 108 valence electrons. The lowest BCUT2D eigenvalue weighted by atomic mass is 10.1. The second-order valence-corrected chi connectivity index (χ2v) is 4.82. The van der Waals surface area contributed by atoms with Gasteiger partial charge in [0, 0.05) is 23.5 Å². The third kappa shape index (κ3) is 4.57. The van der Waals surface area contributed by atoms with Gasteiger partial charge in [-0.1, -0.05) is 42.2 Å². The minimum atomic E-state index is 0.847. The minimum Gasteiger partial charge on any atom is -0.255 e. The molecular formula is C20H18N2. The van der Waals surface area contributed by atoms with Gasteiger partial charge in [-0.05, 0) is 44.2 Å². The van der Waals surface area contributed by atoms with Crippen LogP contribution in [0.5, 0.6) is 0 Å². The summed E-state index contributed by atoms with van der Waals surface area (Å²) in [5, 5.41) is 0. The van der Waals surface area contributed by atoms with Crippen molar-refractivity contribution >= 4 is 0 Å². The van der Waals surface area contributed by atoms with Crippen LogP contribution in [0.15, 0.2) is 78.7 Å². The van der Waals surface area contributed by atoms with Crippen molar-refractivity contribution < 1.29 is 0 Å². The van der Waals surface area contributed by atoms with E-state index >= 15 is 0 Å². The summed E-state index contributed by atoms with van der Waals surface area (Å²) in [7, 11) is 0. The van der Waals surface area contributed by atoms with Crippen molar-refractivity contribution in [1.29, 1.82) is 0 Å². The zero-order chi connectivity index (χ0) is 15.8. The fourth-order valence-corrected chi connectivity index (χ4v) is 1.72. The predicted octanol–water partition coefficient (Wildman–Crippen LogP) is 4.57. The third-order valence-corrected chi connectivity index (χ3v) is 2.90. The Morgan fingerprint density at radius 3 is 2.50 bits per heavy atom. The molecule has 0 aromatic carbocycles. The zero-order valence-corrected chi connectivity index (χ0v) is 12.9. The first-order valence-electron chi connectivity index (χ1n) is 7.08. The van der Waals surface area contributed by atoms with E-state index in [9.17, 15) is 0 Å². The van der Waals surface area contributed by atoms with Crippen LogP contribution in [-0.4, -0.2) is 9.97 Å². The fraction of sp³-hybridized carbons (Fsp3) is 0.100. The molecule has 0 amide bonds. The lowest BCUT2D eigenvalue weighted by molar-refractivity contribution is 1.24. The van der Waals surface area contributed by atoms with E-state index in [-0.39, 0.29) is 0 Å². The van der Waals surface area contributed by atoms with Crippen molar-refractivity contribution in [3.63, 3.8) is 0 Å². The summed E-state index contributed by atoms with van der Waals surface area (Å²) in [5.74, 6) is 6.24. The van der Waals surface area contributed by atoms with Crippen LogP contribution in [0, 0.1) is 11.8 Å². The maximum Gasteiger partial charge on any atom is 0.0887 e. The molecule has 0 spiro atoms. The maximum absolute atomic E-state index is 4.41. The molecule has 0 aliphatic rings. The molecule has 0 unspecified atom stereocenters. The maximum atomic E-state index is 4.41. The standard InChI is InChI=1S/C20H18N2/c1-4-17(9-8-16(2)3)10-11-18-12-13-20(22-15-18)19-7-5-6-14-21-19/h4-9,12-15H,2H2,1,3H3/b9-8-,17-4+. The quantitative estimate of drug-likeness (QED) is 0.610. The summed E-state index contributed by atoms with van der Waals surface area (Å²) >= 11 is 0. The van der Waals surface area contributed by atoms with Gasteiger partial charge in [-0.25, -0.2) is 0 Å². The van der Waals surface area contributed by atoms with Gasteiger partial charge < -0.3 is 0 Å². The number of rotatable bonds is 3. The lowest BCUT2D eigenvalue weighted by Crippen LogP contribution is -1.87. The van der Waals surface area contributed by atoms with Gasteiger partial charge in [0.1, 0.15) is 0 Å². The largest absolute Gasteiger partial charge is 0.255 e. The molecule has 2 heterocycles. The Hall–Kier alpha value is -2.92. The molecule has 0 aliphatic carbocycles. The van der Waals surface area contributed by atoms with Gasteiger partial charge in [-0.15, -0.1) is 0 Å².